The minimum Gasteiger partial charge on any atom is -0.370 e. The molecule has 4 rings (SSSR count). The number of likely N-dealkylation sites (tertiary alicyclic amines) is 1. The molecule has 2 aromatic heterocycles. The summed E-state index contributed by atoms with van der Waals surface area (Å²) in [6.07, 6.45) is 1.22. The van der Waals surface area contributed by atoms with Crippen molar-refractivity contribution in [3.05, 3.63) is 17.3 Å². The van der Waals surface area contributed by atoms with Gasteiger partial charge in [-0.3, -0.25) is 0 Å². The maximum Gasteiger partial charge on any atom is 0.227 e. The first-order valence-electron chi connectivity index (χ1n) is 8.37. The van der Waals surface area contributed by atoms with Crippen LogP contribution in [0.4, 0.5) is 11.8 Å². The van der Waals surface area contributed by atoms with Crippen LogP contribution in [0.3, 0.4) is 0 Å². The monoisotopic (exact) mass is 312 g/mol. The van der Waals surface area contributed by atoms with Gasteiger partial charge in [0.05, 0.1) is 10.9 Å². The van der Waals surface area contributed by atoms with Gasteiger partial charge >= 0.3 is 0 Å². The van der Waals surface area contributed by atoms with Gasteiger partial charge in [-0.05, 0) is 51.8 Å². The molecule has 6 nitrogen and oxygen atoms in total. The summed E-state index contributed by atoms with van der Waals surface area (Å²) in [5, 5.41) is 8.00. The summed E-state index contributed by atoms with van der Waals surface area (Å²) >= 11 is 0. The summed E-state index contributed by atoms with van der Waals surface area (Å²) in [6.45, 7) is 9.24. The number of nitrogens with one attached hydrogen (secondary N) is 2. The maximum absolute atomic E-state index is 4.75. The van der Waals surface area contributed by atoms with Crippen LogP contribution in [0.25, 0.3) is 11.0 Å². The first-order valence-corrected chi connectivity index (χ1v) is 8.37. The number of aryl methyl sites for hydroxylation is 2. The van der Waals surface area contributed by atoms with E-state index in [2.05, 4.69) is 47.5 Å². The Bertz CT molecular complexity index is 773. The average Bonchev–Trinajstić information content (AvgIpc) is 2.98. The van der Waals surface area contributed by atoms with Crippen LogP contribution in [-0.4, -0.2) is 52.1 Å². The van der Waals surface area contributed by atoms with Gasteiger partial charge in [0.15, 0.2) is 5.65 Å². The van der Waals surface area contributed by atoms with Crippen LogP contribution >= 0.6 is 0 Å². The molecule has 2 aliphatic rings. The van der Waals surface area contributed by atoms with Gasteiger partial charge in [0.25, 0.3) is 0 Å². The smallest absolute Gasteiger partial charge is 0.227 e. The van der Waals surface area contributed by atoms with Crippen LogP contribution in [0.5, 0.6) is 0 Å². The lowest BCUT2D eigenvalue weighted by atomic mass is 10.1. The van der Waals surface area contributed by atoms with Crippen molar-refractivity contribution in [2.24, 2.45) is 5.92 Å². The lowest BCUT2D eigenvalue weighted by Crippen LogP contribution is -2.31. The number of piperidine rings is 1. The highest BCUT2D eigenvalue weighted by Crippen LogP contribution is 2.50. The van der Waals surface area contributed by atoms with Crippen molar-refractivity contribution in [3.8, 4) is 0 Å². The molecule has 0 spiro atoms. The van der Waals surface area contributed by atoms with Crippen LogP contribution in [0.15, 0.2) is 6.07 Å². The van der Waals surface area contributed by atoms with Crippen LogP contribution in [-0.2, 0) is 0 Å². The van der Waals surface area contributed by atoms with E-state index in [0.29, 0.717) is 5.95 Å². The normalized spacial score (nSPS) is 26.3. The number of rotatable bonds is 4. The lowest BCUT2D eigenvalue weighted by Gasteiger charge is -2.19. The van der Waals surface area contributed by atoms with Crippen LogP contribution in [0, 0.1) is 19.8 Å². The molecule has 3 heterocycles. The number of likely N-dealkylation sites (N-methyl/N-ethyl adjacent to an activating group) is 1. The van der Waals surface area contributed by atoms with Gasteiger partial charge in [-0.2, -0.15) is 9.97 Å². The molecule has 0 radical (unpaired) electrons. The summed E-state index contributed by atoms with van der Waals surface area (Å²) in [5.41, 5.74) is 3.10. The van der Waals surface area contributed by atoms with E-state index in [-0.39, 0.29) is 5.54 Å². The summed E-state index contributed by atoms with van der Waals surface area (Å²) in [7, 11) is 2.18. The Balaban J connectivity index is 1.76. The van der Waals surface area contributed by atoms with Crippen molar-refractivity contribution in [2.45, 2.75) is 32.7 Å². The zero-order valence-electron chi connectivity index (χ0n) is 14.3. The van der Waals surface area contributed by atoms with Gasteiger partial charge in [0, 0.05) is 25.3 Å². The Labute approximate surface area is 136 Å². The van der Waals surface area contributed by atoms with Crippen molar-refractivity contribution >= 4 is 22.8 Å². The molecule has 122 valence electrons. The van der Waals surface area contributed by atoms with E-state index < -0.39 is 0 Å². The maximum atomic E-state index is 4.75. The Morgan fingerprint density at radius 3 is 2.83 bits per heavy atom. The summed E-state index contributed by atoms with van der Waals surface area (Å²) in [4.78, 5) is 16.5. The van der Waals surface area contributed by atoms with Crippen molar-refractivity contribution < 1.29 is 0 Å². The molecule has 2 N–H and O–H groups in total. The third-order valence-electron chi connectivity index (χ3n) is 5.01. The minimum absolute atomic E-state index is 0.171. The predicted molar refractivity (Wildman–Crippen MR) is 92.9 cm³/mol. The zero-order chi connectivity index (χ0) is 16.2. The van der Waals surface area contributed by atoms with Gasteiger partial charge in [-0.15, -0.1) is 0 Å². The molecule has 1 aliphatic carbocycles. The SMILES string of the molecule is CCNc1nc(NC23CC2CN(C)C3)nc2nc(C)cc(C)c12. The lowest BCUT2D eigenvalue weighted by molar-refractivity contribution is 0.368. The number of fused-ring (bicyclic) bond motifs is 2. The van der Waals surface area contributed by atoms with E-state index in [0.717, 1.165) is 53.7 Å². The van der Waals surface area contributed by atoms with E-state index in [1.807, 2.05) is 6.92 Å². The fraction of sp³-hybridized carbons (Fsp3) is 0.588. The highest BCUT2D eigenvalue weighted by molar-refractivity contribution is 5.90. The molecule has 2 unspecified atom stereocenters. The second-order valence-corrected chi connectivity index (χ2v) is 7.08. The Kier molecular flexibility index (Phi) is 3.20. The molecule has 6 heteroatoms. The van der Waals surface area contributed by atoms with E-state index in [9.17, 15) is 0 Å². The van der Waals surface area contributed by atoms with E-state index in [1.165, 1.54) is 6.42 Å². The highest BCUT2D eigenvalue weighted by atomic mass is 15.3. The average molecular weight is 312 g/mol. The Hall–Kier alpha value is -1.95. The third kappa shape index (κ3) is 2.41. The first kappa shape index (κ1) is 14.6. The van der Waals surface area contributed by atoms with E-state index >= 15 is 0 Å². The van der Waals surface area contributed by atoms with Gasteiger partial charge in [-0.1, -0.05) is 0 Å². The molecular weight excluding hydrogens is 288 g/mol. The van der Waals surface area contributed by atoms with Crippen molar-refractivity contribution in [3.63, 3.8) is 0 Å². The molecular formula is C17H24N6. The summed E-state index contributed by atoms with van der Waals surface area (Å²) in [5.74, 6) is 2.30. The fourth-order valence-corrected chi connectivity index (χ4v) is 3.98. The molecule has 1 aliphatic heterocycles. The number of anilines is 2. The number of aromatic nitrogens is 3. The molecule has 0 amide bonds. The first-order chi connectivity index (χ1) is 11.0. The van der Waals surface area contributed by atoms with Gasteiger partial charge in [0.2, 0.25) is 5.95 Å². The largest absolute Gasteiger partial charge is 0.370 e. The number of hydrogen-bond donors (Lipinski definition) is 2. The Morgan fingerprint density at radius 1 is 1.30 bits per heavy atom. The number of nitrogens with zero attached hydrogens (tertiary/aromatic N) is 4. The minimum atomic E-state index is 0.171. The fourth-order valence-electron chi connectivity index (χ4n) is 3.98. The Morgan fingerprint density at radius 2 is 2.13 bits per heavy atom. The second-order valence-electron chi connectivity index (χ2n) is 7.08. The highest BCUT2D eigenvalue weighted by Gasteiger charge is 2.59. The number of hydrogen-bond acceptors (Lipinski definition) is 6. The molecule has 0 aromatic carbocycles. The van der Waals surface area contributed by atoms with Gasteiger partial charge in [0.1, 0.15) is 5.82 Å². The van der Waals surface area contributed by atoms with Crippen LogP contribution < -0.4 is 10.6 Å². The van der Waals surface area contributed by atoms with Crippen LogP contribution in [0.1, 0.15) is 24.6 Å². The molecule has 1 saturated carbocycles. The van der Waals surface area contributed by atoms with Gasteiger partial charge in [-0.25, -0.2) is 4.98 Å². The standard InChI is InChI=1S/C17H24N6/c1-5-18-14-13-10(2)6-11(3)19-15(13)21-16(20-14)22-17-7-12(17)8-23(4)9-17/h6,12H,5,7-9H2,1-4H3,(H2,18,19,20,21,22). The molecule has 1 saturated heterocycles. The molecule has 2 fully saturated rings. The predicted octanol–water partition coefficient (Wildman–Crippen LogP) is 2.19. The summed E-state index contributed by atoms with van der Waals surface area (Å²) < 4.78 is 0. The molecule has 23 heavy (non-hydrogen) atoms. The molecule has 2 atom stereocenters. The van der Waals surface area contributed by atoms with Crippen LogP contribution in [0.2, 0.25) is 0 Å². The van der Waals surface area contributed by atoms with Crippen molar-refractivity contribution in [1.29, 1.82) is 0 Å². The molecule has 0 bridgehead atoms. The number of pyridine rings is 1. The molecule has 2 aromatic rings. The van der Waals surface area contributed by atoms with Crippen molar-refractivity contribution in [1.82, 2.24) is 19.9 Å². The summed E-state index contributed by atoms with van der Waals surface area (Å²) in [6, 6.07) is 2.08. The topological polar surface area (TPSA) is 66.0 Å². The second kappa shape index (κ2) is 5.03. The quantitative estimate of drug-likeness (QED) is 0.902. The third-order valence-corrected chi connectivity index (χ3v) is 5.01. The van der Waals surface area contributed by atoms with Crippen molar-refractivity contribution in [2.75, 3.05) is 37.3 Å². The van der Waals surface area contributed by atoms with Gasteiger partial charge < -0.3 is 15.5 Å². The zero-order valence-corrected chi connectivity index (χ0v) is 14.3. The van der Waals surface area contributed by atoms with E-state index in [1.54, 1.807) is 0 Å². The van der Waals surface area contributed by atoms with E-state index in [4.69, 9.17) is 9.97 Å².